The Morgan fingerprint density at radius 3 is 2.03 bits per heavy atom. The van der Waals surface area contributed by atoms with Crippen molar-refractivity contribution in [1.82, 2.24) is 13.5 Å². The molecule has 3 rings (SSSR count). The summed E-state index contributed by atoms with van der Waals surface area (Å²) in [6.45, 7) is 2.47. The zero-order valence-corrected chi connectivity index (χ0v) is 19.3. The molecule has 1 aliphatic heterocycles. The van der Waals surface area contributed by atoms with Crippen molar-refractivity contribution in [2.75, 3.05) is 39.0 Å². The van der Waals surface area contributed by atoms with Crippen molar-refractivity contribution >= 4 is 26.0 Å². The summed E-state index contributed by atoms with van der Waals surface area (Å²) in [7, 11) is -7.22. The van der Waals surface area contributed by atoms with Crippen molar-refractivity contribution in [3.8, 4) is 0 Å². The molecular formula is C21H27N3O5S2. The molecule has 0 spiro atoms. The van der Waals surface area contributed by atoms with Gasteiger partial charge in [0, 0.05) is 32.7 Å². The largest absolute Gasteiger partial charge is 0.339 e. The Morgan fingerprint density at radius 1 is 0.903 bits per heavy atom. The van der Waals surface area contributed by atoms with Gasteiger partial charge in [0.25, 0.3) is 0 Å². The lowest BCUT2D eigenvalue weighted by Crippen LogP contribution is -2.52. The minimum atomic E-state index is -3.63. The topological polar surface area (TPSA) is 95.1 Å². The Hall–Kier alpha value is -2.27. The van der Waals surface area contributed by atoms with Crippen LogP contribution in [0.5, 0.6) is 0 Å². The molecule has 1 aliphatic rings. The van der Waals surface area contributed by atoms with Gasteiger partial charge < -0.3 is 4.90 Å². The van der Waals surface area contributed by atoms with E-state index in [1.807, 2.05) is 25.1 Å². The van der Waals surface area contributed by atoms with Gasteiger partial charge in [-0.1, -0.05) is 48.0 Å². The second-order valence-corrected chi connectivity index (χ2v) is 11.5. The lowest BCUT2D eigenvalue weighted by Gasteiger charge is -2.35. The highest BCUT2D eigenvalue weighted by atomic mass is 32.2. The van der Waals surface area contributed by atoms with Crippen LogP contribution in [0.2, 0.25) is 0 Å². The number of rotatable bonds is 7. The summed E-state index contributed by atoms with van der Waals surface area (Å²) in [4.78, 5) is 14.5. The van der Waals surface area contributed by atoms with Gasteiger partial charge in [0.2, 0.25) is 26.0 Å². The second-order valence-electron chi connectivity index (χ2n) is 7.61. The second kappa shape index (κ2) is 9.47. The van der Waals surface area contributed by atoms with Gasteiger partial charge in [-0.2, -0.15) is 8.61 Å². The SMILES string of the molecule is Cc1ccc(S(=O)(=O)N2CCN(C(=O)CN(Cc3ccccc3)S(C)(=O)=O)CC2)cc1. The van der Waals surface area contributed by atoms with Crippen LogP contribution in [0.15, 0.2) is 59.5 Å². The lowest BCUT2D eigenvalue weighted by atomic mass is 10.2. The molecule has 8 nitrogen and oxygen atoms in total. The molecule has 0 radical (unpaired) electrons. The summed E-state index contributed by atoms with van der Waals surface area (Å²) >= 11 is 0. The van der Waals surface area contributed by atoms with Crippen molar-refractivity contribution in [1.29, 1.82) is 0 Å². The maximum absolute atomic E-state index is 12.8. The number of sulfonamides is 2. The number of hydrogen-bond donors (Lipinski definition) is 0. The van der Waals surface area contributed by atoms with E-state index in [0.717, 1.165) is 21.7 Å². The Balaban J connectivity index is 1.63. The summed E-state index contributed by atoms with van der Waals surface area (Å²) in [6.07, 6.45) is 1.08. The Kier molecular flexibility index (Phi) is 7.15. The number of piperazine rings is 1. The van der Waals surface area contributed by atoms with E-state index >= 15 is 0 Å². The van der Waals surface area contributed by atoms with E-state index in [2.05, 4.69) is 0 Å². The van der Waals surface area contributed by atoms with E-state index in [9.17, 15) is 21.6 Å². The highest BCUT2D eigenvalue weighted by molar-refractivity contribution is 7.89. The predicted octanol–water partition coefficient (Wildman–Crippen LogP) is 1.29. The Labute approximate surface area is 184 Å². The van der Waals surface area contributed by atoms with Gasteiger partial charge in [0.1, 0.15) is 0 Å². The first kappa shape index (κ1) is 23.4. The maximum atomic E-state index is 12.8. The van der Waals surface area contributed by atoms with E-state index < -0.39 is 20.0 Å². The molecule has 0 unspecified atom stereocenters. The summed E-state index contributed by atoms with van der Waals surface area (Å²) in [5.41, 5.74) is 1.76. The molecule has 0 N–H and O–H groups in total. The monoisotopic (exact) mass is 465 g/mol. The van der Waals surface area contributed by atoms with Crippen molar-refractivity contribution < 1.29 is 21.6 Å². The highest BCUT2D eigenvalue weighted by Gasteiger charge is 2.31. The van der Waals surface area contributed by atoms with Gasteiger partial charge in [-0.05, 0) is 24.6 Å². The van der Waals surface area contributed by atoms with Gasteiger partial charge in [0.05, 0.1) is 17.7 Å². The van der Waals surface area contributed by atoms with Crippen molar-refractivity contribution in [3.63, 3.8) is 0 Å². The molecule has 0 bridgehead atoms. The fourth-order valence-corrected chi connectivity index (χ4v) is 5.52. The number of hydrogen-bond acceptors (Lipinski definition) is 5. The fourth-order valence-electron chi connectivity index (χ4n) is 3.37. The molecule has 1 heterocycles. The van der Waals surface area contributed by atoms with E-state index in [0.29, 0.717) is 0 Å². The van der Waals surface area contributed by atoms with Crippen LogP contribution in [0.25, 0.3) is 0 Å². The molecule has 0 atom stereocenters. The number of nitrogens with zero attached hydrogens (tertiary/aromatic N) is 3. The number of amides is 1. The molecule has 0 aliphatic carbocycles. The predicted molar refractivity (Wildman–Crippen MR) is 118 cm³/mol. The van der Waals surface area contributed by atoms with Crippen LogP contribution in [0.3, 0.4) is 0 Å². The zero-order valence-electron chi connectivity index (χ0n) is 17.6. The van der Waals surface area contributed by atoms with Crippen LogP contribution >= 0.6 is 0 Å². The quantitative estimate of drug-likeness (QED) is 0.614. The van der Waals surface area contributed by atoms with Gasteiger partial charge in [-0.15, -0.1) is 0 Å². The third kappa shape index (κ3) is 5.91. The van der Waals surface area contributed by atoms with Crippen LogP contribution in [0.4, 0.5) is 0 Å². The Bertz CT molecular complexity index is 1110. The van der Waals surface area contributed by atoms with Gasteiger partial charge >= 0.3 is 0 Å². The smallest absolute Gasteiger partial charge is 0.243 e. The number of aryl methyl sites for hydroxylation is 1. The third-order valence-corrected chi connectivity index (χ3v) is 8.34. The molecule has 2 aromatic rings. The molecule has 0 saturated carbocycles. The number of carbonyl (C=O) groups is 1. The van der Waals surface area contributed by atoms with Crippen LogP contribution in [0.1, 0.15) is 11.1 Å². The van der Waals surface area contributed by atoms with E-state index in [4.69, 9.17) is 0 Å². The maximum Gasteiger partial charge on any atom is 0.243 e. The van der Waals surface area contributed by atoms with Crippen molar-refractivity contribution in [3.05, 3.63) is 65.7 Å². The van der Waals surface area contributed by atoms with Gasteiger partial charge in [-0.25, -0.2) is 16.8 Å². The van der Waals surface area contributed by atoms with Crippen LogP contribution in [-0.4, -0.2) is 75.2 Å². The summed E-state index contributed by atoms with van der Waals surface area (Å²) in [5.74, 6) is -0.339. The first-order chi connectivity index (χ1) is 14.6. The third-order valence-electron chi connectivity index (χ3n) is 5.23. The van der Waals surface area contributed by atoms with E-state index in [1.54, 1.807) is 36.4 Å². The fraction of sp³-hybridized carbons (Fsp3) is 0.381. The first-order valence-corrected chi connectivity index (χ1v) is 13.2. The molecule has 0 aromatic heterocycles. The molecule has 31 heavy (non-hydrogen) atoms. The molecule has 2 aromatic carbocycles. The van der Waals surface area contributed by atoms with E-state index in [-0.39, 0.29) is 50.1 Å². The standard InChI is InChI=1S/C21H27N3O5S2/c1-18-8-10-20(11-9-18)31(28,29)23-14-12-22(13-15-23)21(25)17-24(30(2,26)27)16-19-6-4-3-5-7-19/h3-11H,12-17H2,1-2H3. The Morgan fingerprint density at radius 2 is 1.48 bits per heavy atom. The van der Waals surface area contributed by atoms with Crippen molar-refractivity contribution in [2.24, 2.45) is 0 Å². The average molecular weight is 466 g/mol. The van der Waals surface area contributed by atoms with Crippen molar-refractivity contribution in [2.45, 2.75) is 18.4 Å². The molecule has 1 fully saturated rings. The van der Waals surface area contributed by atoms with Crippen LogP contribution in [0, 0.1) is 6.92 Å². The minimum absolute atomic E-state index is 0.104. The normalized spacial score (nSPS) is 15.9. The zero-order chi connectivity index (χ0) is 22.6. The van der Waals surface area contributed by atoms with Crippen LogP contribution in [-0.2, 0) is 31.4 Å². The number of benzene rings is 2. The summed E-state index contributed by atoms with van der Waals surface area (Å²) < 4.78 is 52.5. The summed E-state index contributed by atoms with van der Waals surface area (Å²) in [5, 5.41) is 0. The molecule has 1 amide bonds. The molecule has 10 heteroatoms. The lowest BCUT2D eigenvalue weighted by molar-refractivity contribution is -0.132. The molecule has 168 valence electrons. The van der Waals surface area contributed by atoms with Crippen LogP contribution < -0.4 is 0 Å². The molecular weight excluding hydrogens is 438 g/mol. The van der Waals surface area contributed by atoms with Gasteiger partial charge in [0.15, 0.2) is 0 Å². The summed E-state index contributed by atoms with van der Waals surface area (Å²) in [6, 6.07) is 15.7. The minimum Gasteiger partial charge on any atom is -0.339 e. The first-order valence-electron chi connectivity index (χ1n) is 9.91. The highest BCUT2D eigenvalue weighted by Crippen LogP contribution is 2.18. The number of carbonyl (C=O) groups excluding carboxylic acids is 1. The molecule has 1 saturated heterocycles. The van der Waals surface area contributed by atoms with Gasteiger partial charge in [-0.3, -0.25) is 4.79 Å². The van der Waals surface area contributed by atoms with E-state index in [1.165, 1.54) is 9.21 Å². The average Bonchev–Trinajstić information content (AvgIpc) is 2.74.